The zero-order valence-corrected chi connectivity index (χ0v) is 8.85. The van der Waals surface area contributed by atoms with Crippen LogP contribution in [-0.4, -0.2) is 5.78 Å². The Morgan fingerprint density at radius 2 is 1.88 bits per heavy atom. The van der Waals surface area contributed by atoms with E-state index in [0.717, 1.165) is 12.5 Å². The van der Waals surface area contributed by atoms with E-state index in [1.54, 1.807) is 0 Å². The van der Waals surface area contributed by atoms with Gasteiger partial charge in [0.1, 0.15) is 5.82 Å². The van der Waals surface area contributed by atoms with Gasteiger partial charge < -0.3 is 0 Å². The second-order valence-corrected chi connectivity index (χ2v) is 4.18. The number of benzene rings is 1. The van der Waals surface area contributed by atoms with E-state index < -0.39 is 17.6 Å². The Hall–Kier alpha value is -1.39. The molecule has 17 heavy (non-hydrogen) atoms. The fourth-order valence-electron chi connectivity index (χ4n) is 1.80. The van der Waals surface area contributed by atoms with Gasteiger partial charge in [0.2, 0.25) is 0 Å². The molecule has 0 aromatic heterocycles. The first kappa shape index (κ1) is 12.1. The van der Waals surface area contributed by atoms with Crippen LogP contribution in [0, 0.1) is 11.7 Å². The van der Waals surface area contributed by atoms with E-state index in [-0.39, 0.29) is 17.3 Å². The molecule has 1 aliphatic rings. The number of halogens is 4. The van der Waals surface area contributed by atoms with Crippen LogP contribution in [0.25, 0.3) is 0 Å². The zero-order valence-electron chi connectivity index (χ0n) is 8.85. The lowest BCUT2D eigenvalue weighted by Crippen LogP contribution is -2.22. The van der Waals surface area contributed by atoms with Crippen LogP contribution in [0.3, 0.4) is 0 Å². The van der Waals surface area contributed by atoms with Gasteiger partial charge in [-0.3, -0.25) is 4.79 Å². The van der Waals surface area contributed by atoms with Crippen LogP contribution in [-0.2, 0) is 6.18 Å². The molecule has 1 aliphatic carbocycles. The van der Waals surface area contributed by atoms with Gasteiger partial charge in [-0.15, -0.1) is 0 Å². The lowest BCUT2D eigenvalue weighted by atomic mass is 9.80. The Balaban J connectivity index is 2.33. The summed E-state index contributed by atoms with van der Waals surface area (Å²) in [6.07, 6.45) is -2.43. The highest BCUT2D eigenvalue weighted by molar-refractivity contribution is 5.98. The van der Waals surface area contributed by atoms with Crippen molar-refractivity contribution in [1.82, 2.24) is 0 Å². The van der Waals surface area contributed by atoms with Gasteiger partial charge in [-0.05, 0) is 31.0 Å². The minimum absolute atomic E-state index is 0.0524. The summed E-state index contributed by atoms with van der Waals surface area (Å²) in [4.78, 5) is 11.7. The van der Waals surface area contributed by atoms with Gasteiger partial charge in [0.15, 0.2) is 5.78 Å². The summed E-state index contributed by atoms with van der Waals surface area (Å²) >= 11 is 0. The monoisotopic (exact) mass is 246 g/mol. The molecule has 0 bridgehead atoms. The van der Waals surface area contributed by atoms with E-state index in [0.29, 0.717) is 25.0 Å². The number of hydrogen-bond acceptors (Lipinski definition) is 1. The molecular formula is C12H10F4O. The largest absolute Gasteiger partial charge is 0.419 e. The Labute approximate surface area is 95.4 Å². The summed E-state index contributed by atoms with van der Waals surface area (Å²) < 4.78 is 50.3. The fourth-order valence-corrected chi connectivity index (χ4v) is 1.80. The van der Waals surface area contributed by atoms with Gasteiger partial charge in [0, 0.05) is 11.5 Å². The summed E-state index contributed by atoms with van der Waals surface area (Å²) in [6, 6.07) is 2.43. The first-order valence-corrected chi connectivity index (χ1v) is 5.30. The summed E-state index contributed by atoms with van der Waals surface area (Å²) in [7, 11) is 0. The maximum Gasteiger partial charge on any atom is 0.419 e. The van der Waals surface area contributed by atoms with Crippen molar-refractivity contribution in [2.45, 2.75) is 25.4 Å². The van der Waals surface area contributed by atoms with Gasteiger partial charge >= 0.3 is 6.18 Å². The van der Waals surface area contributed by atoms with Crippen LogP contribution < -0.4 is 0 Å². The van der Waals surface area contributed by atoms with E-state index in [9.17, 15) is 22.4 Å². The van der Waals surface area contributed by atoms with Crippen LogP contribution in [0.2, 0.25) is 0 Å². The van der Waals surface area contributed by atoms with Gasteiger partial charge in [-0.1, -0.05) is 6.42 Å². The normalized spacial score (nSPS) is 16.7. The molecular weight excluding hydrogens is 236 g/mol. The predicted octanol–water partition coefficient (Wildman–Crippen LogP) is 3.83. The third kappa shape index (κ3) is 2.33. The molecule has 1 saturated carbocycles. The van der Waals surface area contributed by atoms with Gasteiger partial charge in [-0.25, -0.2) is 4.39 Å². The van der Waals surface area contributed by atoms with E-state index in [4.69, 9.17) is 0 Å². The van der Waals surface area contributed by atoms with Gasteiger partial charge in [-0.2, -0.15) is 13.2 Å². The maximum atomic E-state index is 13.0. The Morgan fingerprint density at radius 3 is 2.35 bits per heavy atom. The lowest BCUT2D eigenvalue weighted by Gasteiger charge is -2.24. The Morgan fingerprint density at radius 1 is 1.24 bits per heavy atom. The molecule has 0 saturated heterocycles. The van der Waals surface area contributed by atoms with Crippen molar-refractivity contribution < 1.29 is 22.4 Å². The van der Waals surface area contributed by atoms with Crippen molar-refractivity contribution in [3.05, 3.63) is 35.1 Å². The number of alkyl halides is 3. The number of hydrogen-bond donors (Lipinski definition) is 0. The second kappa shape index (κ2) is 4.13. The van der Waals surface area contributed by atoms with Crippen LogP contribution >= 0.6 is 0 Å². The number of carbonyl (C=O) groups excluding carboxylic acids is 1. The summed E-state index contributed by atoms with van der Waals surface area (Å²) in [5.41, 5.74) is -1.42. The maximum absolute atomic E-state index is 13.0. The van der Waals surface area contributed by atoms with Crippen molar-refractivity contribution in [2.24, 2.45) is 5.92 Å². The van der Waals surface area contributed by atoms with Crippen LogP contribution in [0.15, 0.2) is 18.2 Å². The van der Waals surface area contributed by atoms with Crippen molar-refractivity contribution in [2.75, 3.05) is 0 Å². The van der Waals surface area contributed by atoms with Crippen molar-refractivity contribution >= 4 is 5.78 Å². The highest BCUT2D eigenvalue weighted by atomic mass is 19.4. The quantitative estimate of drug-likeness (QED) is 0.572. The zero-order chi connectivity index (χ0) is 12.6. The summed E-state index contributed by atoms with van der Waals surface area (Å²) in [5.74, 6) is -1.86. The standard InChI is InChI=1S/C12H10F4O/c13-10-5-4-8(6-9(10)12(14,15)16)11(17)7-2-1-3-7/h4-7H,1-3H2. The van der Waals surface area contributed by atoms with E-state index in [1.165, 1.54) is 0 Å². The molecule has 0 N–H and O–H groups in total. The molecule has 2 rings (SSSR count). The average molecular weight is 246 g/mol. The molecule has 0 unspecified atom stereocenters. The Bertz CT molecular complexity index is 446. The van der Waals surface area contributed by atoms with E-state index >= 15 is 0 Å². The predicted molar refractivity (Wildman–Crippen MR) is 53.1 cm³/mol. The molecule has 1 aromatic rings. The molecule has 0 aliphatic heterocycles. The third-order valence-corrected chi connectivity index (χ3v) is 3.03. The van der Waals surface area contributed by atoms with Crippen LogP contribution in [0.5, 0.6) is 0 Å². The van der Waals surface area contributed by atoms with Gasteiger partial charge in [0.25, 0.3) is 0 Å². The lowest BCUT2D eigenvalue weighted by molar-refractivity contribution is -0.140. The molecule has 1 nitrogen and oxygen atoms in total. The SMILES string of the molecule is O=C(c1ccc(F)c(C(F)(F)F)c1)C1CCC1. The molecule has 0 atom stereocenters. The fraction of sp³-hybridized carbons (Fsp3) is 0.417. The van der Waals surface area contributed by atoms with Crippen molar-refractivity contribution in [3.63, 3.8) is 0 Å². The molecule has 0 spiro atoms. The molecule has 0 radical (unpaired) electrons. The second-order valence-electron chi connectivity index (χ2n) is 4.18. The van der Waals surface area contributed by atoms with E-state index in [1.807, 2.05) is 0 Å². The molecule has 0 heterocycles. The first-order chi connectivity index (χ1) is 7.89. The highest BCUT2D eigenvalue weighted by Crippen LogP contribution is 2.34. The number of rotatable bonds is 2. The van der Waals surface area contributed by atoms with E-state index in [2.05, 4.69) is 0 Å². The number of Topliss-reactive ketones (excluding diaryl/α,β-unsaturated/α-hetero) is 1. The van der Waals surface area contributed by atoms with Gasteiger partial charge in [0.05, 0.1) is 5.56 Å². The molecule has 0 amide bonds. The number of ketones is 1. The smallest absolute Gasteiger partial charge is 0.294 e. The minimum atomic E-state index is -4.76. The summed E-state index contributed by atoms with van der Waals surface area (Å²) in [6.45, 7) is 0. The average Bonchev–Trinajstić information content (AvgIpc) is 2.13. The molecule has 1 aromatic carbocycles. The molecule has 5 heteroatoms. The third-order valence-electron chi connectivity index (χ3n) is 3.03. The number of carbonyl (C=O) groups is 1. The Kier molecular flexibility index (Phi) is 2.93. The van der Waals surface area contributed by atoms with Crippen LogP contribution in [0.1, 0.15) is 35.2 Å². The summed E-state index contributed by atoms with van der Waals surface area (Å²) in [5, 5.41) is 0. The molecule has 1 fully saturated rings. The minimum Gasteiger partial charge on any atom is -0.294 e. The van der Waals surface area contributed by atoms with Crippen LogP contribution in [0.4, 0.5) is 17.6 Å². The van der Waals surface area contributed by atoms with Crippen molar-refractivity contribution in [1.29, 1.82) is 0 Å². The topological polar surface area (TPSA) is 17.1 Å². The first-order valence-electron chi connectivity index (χ1n) is 5.30. The molecule has 92 valence electrons. The highest BCUT2D eigenvalue weighted by Gasteiger charge is 2.35. The van der Waals surface area contributed by atoms with Crippen molar-refractivity contribution in [3.8, 4) is 0 Å².